The van der Waals surface area contributed by atoms with Crippen LogP contribution < -0.4 is 19.5 Å². The van der Waals surface area contributed by atoms with Crippen molar-refractivity contribution in [3.05, 3.63) is 124 Å². The minimum atomic E-state index is -3.57. The number of nitrogens with zero attached hydrogens (tertiary/aromatic N) is 1. The average molecular weight is 704 g/mol. The van der Waals surface area contributed by atoms with Crippen LogP contribution in [-0.2, 0) is 45.4 Å². The molecule has 1 fully saturated rings. The third kappa shape index (κ3) is 10.3. The Balaban J connectivity index is 1.34. The predicted molar refractivity (Wildman–Crippen MR) is 190 cm³/mol. The molecule has 0 aliphatic heterocycles. The van der Waals surface area contributed by atoms with E-state index in [4.69, 9.17) is 21.1 Å². The lowest BCUT2D eigenvalue weighted by molar-refractivity contribution is -0.141. The number of ether oxygens (including phenoxy) is 2. The van der Waals surface area contributed by atoms with Crippen LogP contribution in [0.25, 0.3) is 0 Å². The third-order valence-corrected chi connectivity index (χ3v) is 10.2. The van der Waals surface area contributed by atoms with Gasteiger partial charge in [0.05, 0.1) is 19.1 Å². The highest BCUT2D eigenvalue weighted by atomic mass is 35.5. The summed E-state index contributed by atoms with van der Waals surface area (Å²) in [6, 6.07) is 28.3. The molecular formula is C38H42ClN3O6S. The minimum absolute atomic E-state index is 0.0147. The van der Waals surface area contributed by atoms with Gasteiger partial charge in [0.1, 0.15) is 6.04 Å². The van der Waals surface area contributed by atoms with E-state index >= 15 is 0 Å². The molecule has 49 heavy (non-hydrogen) atoms. The fourth-order valence-corrected chi connectivity index (χ4v) is 6.97. The van der Waals surface area contributed by atoms with Crippen LogP contribution in [0.4, 0.5) is 0 Å². The van der Waals surface area contributed by atoms with Crippen LogP contribution in [0.5, 0.6) is 11.5 Å². The molecule has 9 nitrogen and oxygen atoms in total. The fraction of sp³-hybridized carbons (Fsp3) is 0.316. The van der Waals surface area contributed by atoms with E-state index in [0.717, 1.165) is 35.1 Å². The maximum atomic E-state index is 14.1. The molecule has 1 aliphatic rings. The lowest BCUT2D eigenvalue weighted by Gasteiger charge is -2.32. The van der Waals surface area contributed by atoms with Gasteiger partial charge in [-0.05, 0) is 84.3 Å². The second kappa shape index (κ2) is 16.8. The van der Waals surface area contributed by atoms with Crippen molar-refractivity contribution in [3.8, 4) is 11.5 Å². The molecule has 0 radical (unpaired) electrons. The number of carbonyl (C=O) groups excluding carboxylic acids is 2. The highest BCUT2D eigenvalue weighted by molar-refractivity contribution is 7.89. The van der Waals surface area contributed by atoms with Crippen molar-refractivity contribution in [2.75, 3.05) is 20.8 Å². The number of aryl methyl sites for hydroxylation is 1. The summed E-state index contributed by atoms with van der Waals surface area (Å²) in [5.41, 5.74) is 3.55. The molecular weight excluding hydrogens is 662 g/mol. The highest BCUT2D eigenvalue weighted by Crippen LogP contribution is 2.28. The first-order valence-corrected chi connectivity index (χ1v) is 18.2. The van der Waals surface area contributed by atoms with E-state index in [0.29, 0.717) is 42.3 Å². The molecule has 0 spiro atoms. The van der Waals surface area contributed by atoms with Gasteiger partial charge in [-0.1, -0.05) is 72.3 Å². The van der Waals surface area contributed by atoms with Gasteiger partial charge in [0, 0.05) is 37.0 Å². The molecule has 2 N–H and O–H groups in total. The number of amides is 2. The lowest BCUT2D eigenvalue weighted by atomic mass is 10.0. The van der Waals surface area contributed by atoms with Gasteiger partial charge in [0.15, 0.2) is 11.5 Å². The monoisotopic (exact) mass is 703 g/mol. The molecule has 4 aromatic rings. The quantitative estimate of drug-likeness (QED) is 0.145. The molecule has 11 heteroatoms. The topological polar surface area (TPSA) is 114 Å². The first-order valence-electron chi connectivity index (χ1n) is 16.3. The number of halogens is 1. The number of hydrogen-bond acceptors (Lipinski definition) is 6. The summed E-state index contributed by atoms with van der Waals surface area (Å²) in [4.78, 5) is 29.9. The smallest absolute Gasteiger partial charge is 0.243 e. The standard InChI is InChI=1S/C38H42ClN3O6S/c1-47-35-20-12-29(25-36(35)48-2)22-23-40-38(44)34(24-28-6-4-3-5-7-28)42(26-30-8-14-31(39)15-9-30)37(43)21-13-27-10-18-33(19-11-27)49(45,46)41-32-16-17-32/h3-12,14-15,18-20,25,32,34,41H,13,16-17,21-24,26H2,1-2H3,(H,40,44). The molecule has 0 aromatic heterocycles. The Labute approximate surface area is 293 Å². The number of sulfonamides is 1. The molecule has 1 atom stereocenters. The zero-order valence-corrected chi connectivity index (χ0v) is 29.3. The number of benzene rings is 4. The predicted octanol–water partition coefficient (Wildman–Crippen LogP) is 5.73. The van der Waals surface area contributed by atoms with Crippen molar-refractivity contribution in [2.24, 2.45) is 0 Å². The lowest BCUT2D eigenvalue weighted by Crippen LogP contribution is -2.50. The number of rotatable bonds is 17. The van der Waals surface area contributed by atoms with Crippen molar-refractivity contribution < 1.29 is 27.5 Å². The third-order valence-electron chi connectivity index (χ3n) is 8.46. The number of nitrogens with one attached hydrogen (secondary N) is 2. The molecule has 0 bridgehead atoms. The zero-order valence-electron chi connectivity index (χ0n) is 27.7. The van der Waals surface area contributed by atoms with Gasteiger partial charge in [0.25, 0.3) is 0 Å². The van der Waals surface area contributed by atoms with E-state index in [9.17, 15) is 18.0 Å². The van der Waals surface area contributed by atoms with Gasteiger partial charge in [-0.2, -0.15) is 0 Å². The highest BCUT2D eigenvalue weighted by Gasteiger charge is 2.31. The maximum absolute atomic E-state index is 14.1. The van der Waals surface area contributed by atoms with Crippen molar-refractivity contribution in [1.82, 2.24) is 14.9 Å². The van der Waals surface area contributed by atoms with Gasteiger partial charge >= 0.3 is 0 Å². The Bertz CT molecular complexity index is 1810. The molecule has 5 rings (SSSR count). The maximum Gasteiger partial charge on any atom is 0.243 e. The van der Waals surface area contributed by atoms with Crippen LogP contribution in [0.15, 0.2) is 102 Å². The average Bonchev–Trinajstić information content (AvgIpc) is 3.93. The van der Waals surface area contributed by atoms with Crippen LogP contribution in [0.3, 0.4) is 0 Å². The van der Waals surface area contributed by atoms with Crippen LogP contribution in [0.1, 0.15) is 41.5 Å². The van der Waals surface area contributed by atoms with Crippen molar-refractivity contribution in [1.29, 1.82) is 0 Å². The molecule has 4 aromatic carbocycles. The molecule has 0 saturated heterocycles. The molecule has 1 unspecified atom stereocenters. The van der Waals surface area contributed by atoms with Gasteiger partial charge < -0.3 is 19.7 Å². The van der Waals surface area contributed by atoms with Crippen LogP contribution in [0, 0.1) is 0 Å². The summed E-state index contributed by atoms with van der Waals surface area (Å²) in [5, 5.41) is 3.65. The molecule has 0 heterocycles. The second-order valence-corrected chi connectivity index (χ2v) is 14.3. The summed E-state index contributed by atoms with van der Waals surface area (Å²) in [5.74, 6) is 0.780. The summed E-state index contributed by atoms with van der Waals surface area (Å²) in [6.45, 7) is 0.564. The first-order chi connectivity index (χ1) is 23.6. The van der Waals surface area contributed by atoms with Crippen LogP contribution in [0.2, 0.25) is 5.02 Å². The van der Waals surface area contributed by atoms with Gasteiger partial charge in [0.2, 0.25) is 21.8 Å². The van der Waals surface area contributed by atoms with Gasteiger partial charge in [-0.3, -0.25) is 9.59 Å². The normalized spacial score (nSPS) is 13.4. The first kappa shape index (κ1) is 35.9. The van der Waals surface area contributed by atoms with Crippen LogP contribution in [-0.4, -0.2) is 58.0 Å². The van der Waals surface area contributed by atoms with E-state index in [1.165, 1.54) is 0 Å². The molecule has 1 saturated carbocycles. The minimum Gasteiger partial charge on any atom is -0.493 e. The number of methoxy groups -OCH3 is 2. The van der Waals surface area contributed by atoms with Gasteiger partial charge in [-0.25, -0.2) is 13.1 Å². The fourth-order valence-electron chi connectivity index (χ4n) is 5.54. The Kier molecular flexibility index (Phi) is 12.3. The Morgan fingerprint density at radius 1 is 0.816 bits per heavy atom. The summed E-state index contributed by atoms with van der Waals surface area (Å²) in [7, 11) is -0.408. The SMILES string of the molecule is COc1ccc(CCNC(=O)C(Cc2ccccc2)N(Cc2ccc(Cl)cc2)C(=O)CCc2ccc(S(=O)(=O)NC3CC3)cc2)cc1OC. The van der Waals surface area contributed by atoms with Gasteiger partial charge in [-0.15, -0.1) is 0 Å². The second-order valence-electron chi connectivity index (χ2n) is 12.1. The Hall–Kier alpha value is -4.38. The molecule has 1 aliphatic carbocycles. The van der Waals surface area contributed by atoms with E-state index in [-0.39, 0.29) is 35.7 Å². The summed E-state index contributed by atoms with van der Waals surface area (Å²) >= 11 is 6.16. The summed E-state index contributed by atoms with van der Waals surface area (Å²) in [6.07, 6.45) is 3.09. The molecule has 2 amide bonds. The van der Waals surface area contributed by atoms with E-state index in [1.54, 1.807) is 55.5 Å². The Morgan fingerprint density at radius 3 is 2.12 bits per heavy atom. The van der Waals surface area contributed by atoms with E-state index < -0.39 is 16.1 Å². The van der Waals surface area contributed by atoms with Crippen molar-refractivity contribution >= 4 is 33.4 Å². The molecule has 258 valence electrons. The van der Waals surface area contributed by atoms with Crippen molar-refractivity contribution in [3.63, 3.8) is 0 Å². The van der Waals surface area contributed by atoms with E-state index in [1.807, 2.05) is 60.7 Å². The zero-order chi connectivity index (χ0) is 34.8. The van der Waals surface area contributed by atoms with E-state index in [2.05, 4.69) is 10.0 Å². The summed E-state index contributed by atoms with van der Waals surface area (Å²) < 4.78 is 38.7. The van der Waals surface area contributed by atoms with Crippen LogP contribution >= 0.6 is 11.6 Å². The number of hydrogen-bond donors (Lipinski definition) is 2. The largest absolute Gasteiger partial charge is 0.493 e. The Morgan fingerprint density at radius 2 is 1.47 bits per heavy atom. The van der Waals surface area contributed by atoms with Crippen molar-refractivity contribution in [2.45, 2.75) is 62.0 Å². The number of carbonyl (C=O) groups is 2.